The van der Waals surface area contributed by atoms with E-state index >= 15 is 0 Å². The van der Waals surface area contributed by atoms with E-state index in [9.17, 15) is 10.1 Å². The largest absolute Gasteiger partial charge is 0.493 e. The maximum Gasteiger partial charge on any atom is 0.295 e. The van der Waals surface area contributed by atoms with Gasteiger partial charge >= 0.3 is 0 Å². The molecule has 0 spiro atoms. The molecule has 0 bridgehead atoms. The average molecular weight is 184 g/mol. The second kappa shape index (κ2) is 3.93. The smallest absolute Gasteiger partial charge is 0.295 e. The predicted molar refractivity (Wildman–Crippen MR) is 45.0 cm³/mol. The Morgan fingerprint density at radius 2 is 2.15 bits per heavy atom. The molecule has 0 amide bonds. The van der Waals surface area contributed by atoms with Gasteiger partial charge in [0, 0.05) is 0 Å². The van der Waals surface area contributed by atoms with Gasteiger partial charge in [-0.1, -0.05) is 0 Å². The van der Waals surface area contributed by atoms with E-state index in [0.29, 0.717) is 12.2 Å². The Bertz CT molecular complexity index is 280. The highest BCUT2D eigenvalue weighted by molar-refractivity contribution is 5.31. The standard InChI is InChI=1S/C8H10NO4/c1-12-7-5-3-4-6(9(10)11)8(7)13-2/h4-5H,3H2,1-2H3. The monoisotopic (exact) mass is 184 g/mol. The van der Waals surface area contributed by atoms with E-state index in [1.165, 1.54) is 20.6 Å². The van der Waals surface area contributed by atoms with Gasteiger partial charge in [-0.3, -0.25) is 10.1 Å². The zero-order valence-corrected chi connectivity index (χ0v) is 7.44. The molecule has 0 aromatic rings. The Morgan fingerprint density at radius 3 is 2.62 bits per heavy atom. The fraction of sp³-hybridized carbons (Fsp3) is 0.375. The molecule has 0 N–H and O–H groups in total. The van der Waals surface area contributed by atoms with Crippen LogP contribution in [-0.4, -0.2) is 19.1 Å². The molecule has 1 aliphatic carbocycles. The molecular weight excluding hydrogens is 174 g/mol. The first-order valence-electron chi connectivity index (χ1n) is 3.71. The highest BCUT2D eigenvalue weighted by atomic mass is 16.6. The summed E-state index contributed by atoms with van der Waals surface area (Å²) in [4.78, 5) is 10.1. The van der Waals surface area contributed by atoms with Crippen molar-refractivity contribution in [2.24, 2.45) is 0 Å². The maximum absolute atomic E-state index is 10.5. The lowest BCUT2D eigenvalue weighted by atomic mass is 10.1. The van der Waals surface area contributed by atoms with Gasteiger partial charge in [0.25, 0.3) is 5.70 Å². The van der Waals surface area contributed by atoms with Crippen LogP contribution in [0.2, 0.25) is 0 Å². The number of hydrogen-bond donors (Lipinski definition) is 0. The van der Waals surface area contributed by atoms with Crippen molar-refractivity contribution < 1.29 is 14.4 Å². The summed E-state index contributed by atoms with van der Waals surface area (Å²) in [6, 6.07) is 0. The molecule has 13 heavy (non-hydrogen) atoms. The molecule has 0 aliphatic heterocycles. The molecule has 1 rings (SSSR count). The van der Waals surface area contributed by atoms with Gasteiger partial charge in [0.2, 0.25) is 5.76 Å². The van der Waals surface area contributed by atoms with Crippen LogP contribution < -0.4 is 0 Å². The minimum absolute atomic E-state index is 0.0400. The minimum Gasteiger partial charge on any atom is -0.493 e. The van der Waals surface area contributed by atoms with E-state index in [-0.39, 0.29) is 11.5 Å². The van der Waals surface area contributed by atoms with Gasteiger partial charge < -0.3 is 9.47 Å². The van der Waals surface area contributed by atoms with Crippen LogP contribution in [0.5, 0.6) is 0 Å². The summed E-state index contributed by atoms with van der Waals surface area (Å²) in [7, 11) is 2.83. The summed E-state index contributed by atoms with van der Waals surface area (Å²) in [5.74, 6) is 0.593. The van der Waals surface area contributed by atoms with E-state index in [0.717, 1.165) is 0 Å². The summed E-state index contributed by atoms with van der Waals surface area (Å²) in [5.41, 5.74) is -0.0400. The number of nitro groups is 1. The molecule has 5 nitrogen and oxygen atoms in total. The van der Waals surface area contributed by atoms with Crippen molar-refractivity contribution in [1.29, 1.82) is 0 Å². The molecule has 0 aromatic carbocycles. The first-order chi connectivity index (χ1) is 6.20. The van der Waals surface area contributed by atoms with E-state index in [2.05, 4.69) is 0 Å². The van der Waals surface area contributed by atoms with Crippen molar-refractivity contribution in [2.75, 3.05) is 14.2 Å². The van der Waals surface area contributed by atoms with Gasteiger partial charge in [0.05, 0.1) is 25.6 Å². The van der Waals surface area contributed by atoms with Crippen LogP contribution in [0.1, 0.15) is 6.42 Å². The van der Waals surface area contributed by atoms with Crippen LogP contribution in [-0.2, 0) is 9.47 Å². The molecule has 0 saturated carbocycles. The van der Waals surface area contributed by atoms with Gasteiger partial charge in [0.15, 0.2) is 5.76 Å². The van der Waals surface area contributed by atoms with Crippen molar-refractivity contribution in [3.63, 3.8) is 0 Å². The summed E-state index contributed by atoms with van der Waals surface area (Å²) >= 11 is 0. The van der Waals surface area contributed by atoms with Gasteiger partial charge in [0.1, 0.15) is 0 Å². The molecule has 71 valence electrons. The lowest BCUT2D eigenvalue weighted by molar-refractivity contribution is -0.425. The first-order valence-corrected chi connectivity index (χ1v) is 3.71. The second-order valence-corrected chi connectivity index (χ2v) is 2.39. The van der Waals surface area contributed by atoms with Crippen molar-refractivity contribution in [2.45, 2.75) is 6.42 Å². The average Bonchev–Trinajstić information content (AvgIpc) is 2.16. The van der Waals surface area contributed by atoms with Gasteiger partial charge in [-0.15, -0.1) is 0 Å². The first kappa shape index (κ1) is 9.57. The Labute approximate surface area is 75.8 Å². The van der Waals surface area contributed by atoms with Gasteiger partial charge in [-0.25, -0.2) is 0 Å². The summed E-state index contributed by atoms with van der Waals surface area (Å²) in [6.07, 6.45) is 3.71. The van der Waals surface area contributed by atoms with Crippen LogP contribution in [0.25, 0.3) is 0 Å². The highest BCUT2D eigenvalue weighted by Crippen LogP contribution is 2.25. The zero-order chi connectivity index (χ0) is 9.84. The van der Waals surface area contributed by atoms with Crippen LogP contribution in [0.3, 0.4) is 0 Å². The number of allylic oxidation sites excluding steroid dienone is 2. The lowest BCUT2D eigenvalue weighted by Crippen LogP contribution is -2.11. The van der Waals surface area contributed by atoms with Crippen molar-refractivity contribution in [3.8, 4) is 0 Å². The third-order valence-electron chi connectivity index (χ3n) is 1.69. The number of hydrogen-bond acceptors (Lipinski definition) is 4. The van der Waals surface area contributed by atoms with Gasteiger partial charge in [-0.2, -0.15) is 0 Å². The van der Waals surface area contributed by atoms with E-state index < -0.39 is 4.92 Å². The number of rotatable bonds is 3. The number of methoxy groups -OCH3 is 2. The normalized spacial score (nSPS) is 16.6. The Morgan fingerprint density at radius 1 is 1.46 bits per heavy atom. The third kappa shape index (κ3) is 1.80. The number of ether oxygens (including phenoxy) is 2. The van der Waals surface area contributed by atoms with E-state index in [4.69, 9.17) is 9.47 Å². The summed E-state index contributed by atoms with van der Waals surface area (Å²) < 4.78 is 9.81. The van der Waals surface area contributed by atoms with Crippen molar-refractivity contribution in [1.82, 2.24) is 0 Å². The fourth-order valence-corrected chi connectivity index (χ4v) is 1.13. The quantitative estimate of drug-likeness (QED) is 0.489. The minimum atomic E-state index is -0.481. The van der Waals surface area contributed by atoms with Crippen molar-refractivity contribution >= 4 is 0 Å². The Hall–Kier alpha value is -1.52. The summed E-state index contributed by atoms with van der Waals surface area (Å²) in [5, 5.41) is 10.5. The molecule has 1 aliphatic rings. The second-order valence-electron chi connectivity index (χ2n) is 2.39. The molecule has 0 aromatic heterocycles. The highest BCUT2D eigenvalue weighted by Gasteiger charge is 2.26. The molecule has 0 heterocycles. The zero-order valence-electron chi connectivity index (χ0n) is 7.44. The maximum atomic E-state index is 10.5. The fourth-order valence-electron chi connectivity index (χ4n) is 1.13. The van der Waals surface area contributed by atoms with E-state index in [1.807, 2.05) is 0 Å². The van der Waals surface area contributed by atoms with Gasteiger partial charge in [-0.05, 0) is 12.5 Å². The van der Waals surface area contributed by atoms with Crippen LogP contribution >= 0.6 is 0 Å². The lowest BCUT2D eigenvalue weighted by Gasteiger charge is -2.13. The molecule has 0 atom stereocenters. The Kier molecular flexibility index (Phi) is 2.89. The Balaban J connectivity index is 3.04. The molecule has 0 fully saturated rings. The molecular formula is C8H10NO4. The topological polar surface area (TPSA) is 61.6 Å². The number of nitrogens with zero attached hydrogens (tertiary/aromatic N) is 1. The molecule has 5 heteroatoms. The van der Waals surface area contributed by atoms with Crippen molar-refractivity contribution in [3.05, 3.63) is 39.8 Å². The van der Waals surface area contributed by atoms with Crippen LogP contribution in [0.15, 0.2) is 23.3 Å². The molecule has 0 saturated heterocycles. The molecule has 0 unspecified atom stereocenters. The summed E-state index contributed by atoms with van der Waals surface area (Å²) in [6.45, 7) is 0. The van der Waals surface area contributed by atoms with Crippen LogP contribution in [0.4, 0.5) is 0 Å². The van der Waals surface area contributed by atoms with E-state index in [1.54, 1.807) is 6.08 Å². The molecule has 1 radical (unpaired) electrons. The third-order valence-corrected chi connectivity index (χ3v) is 1.69. The predicted octanol–water partition coefficient (Wildman–Crippen LogP) is 1.26. The van der Waals surface area contributed by atoms with Crippen LogP contribution in [0, 0.1) is 16.5 Å². The SMILES string of the molecule is COC1=CC[CH]C([N+](=O)[O-])=C1OC.